The number of aryl methyl sites for hydroxylation is 1. The number of likely N-dealkylation sites (tertiary alicyclic amines) is 1. The Morgan fingerprint density at radius 1 is 1.15 bits per heavy atom. The summed E-state index contributed by atoms with van der Waals surface area (Å²) < 4.78 is 5.78. The zero-order valence-corrected chi connectivity index (χ0v) is 16.1. The summed E-state index contributed by atoms with van der Waals surface area (Å²) in [6.45, 7) is 4.79. The molecule has 1 aliphatic heterocycles. The maximum absolute atomic E-state index is 12.7. The number of furan rings is 1. The van der Waals surface area contributed by atoms with E-state index in [2.05, 4.69) is 22.3 Å². The van der Waals surface area contributed by atoms with Crippen LogP contribution in [0.1, 0.15) is 34.5 Å². The molecule has 4 nitrogen and oxygen atoms in total. The molecule has 0 saturated carbocycles. The van der Waals surface area contributed by atoms with Crippen molar-refractivity contribution in [2.75, 3.05) is 13.1 Å². The summed E-state index contributed by atoms with van der Waals surface area (Å²) >= 11 is 5.95. The van der Waals surface area contributed by atoms with Crippen LogP contribution in [0.5, 0.6) is 0 Å². The molecule has 0 aliphatic carbocycles. The Kier molecular flexibility index (Phi) is 5.19. The molecule has 27 heavy (non-hydrogen) atoms. The van der Waals surface area contributed by atoms with Gasteiger partial charge in [-0.2, -0.15) is 0 Å². The lowest BCUT2D eigenvalue weighted by atomic mass is 10.0. The molecule has 4 rings (SSSR count). The molecule has 1 aromatic heterocycles. The third kappa shape index (κ3) is 4.02. The van der Waals surface area contributed by atoms with E-state index in [0.717, 1.165) is 54.0 Å². The van der Waals surface area contributed by atoms with Crippen LogP contribution in [0.3, 0.4) is 0 Å². The van der Waals surface area contributed by atoms with Gasteiger partial charge in [-0.3, -0.25) is 9.69 Å². The lowest BCUT2D eigenvalue weighted by Crippen LogP contribution is -2.44. The first-order valence-corrected chi connectivity index (χ1v) is 9.74. The van der Waals surface area contributed by atoms with Crippen LogP contribution in [-0.2, 0) is 6.54 Å². The topological polar surface area (TPSA) is 45.5 Å². The molecule has 0 spiro atoms. The highest BCUT2D eigenvalue weighted by atomic mass is 35.5. The first-order valence-electron chi connectivity index (χ1n) is 9.36. The minimum absolute atomic E-state index is 0.111. The number of carbonyl (C=O) groups excluding carboxylic acids is 1. The van der Waals surface area contributed by atoms with E-state index in [0.29, 0.717) is 5.76 Å². The van der Waals surface area contributed by atoms with Gasteiger partial charge in [0.05, 0.1) is 0 Å². The van der Waals surface area contributed by atoms with Gasteiger partial charge >= 0.3 is 0 Å². The second-order valence-corrected chi connectivity index (χ2v) is 7.64. The number of para-hydroxylation sites is 1. The van der Waals surface area contributed by atoms with Gasteiger partial charge in [0, 0.05) is 41.6 Å². The Hall–Kier alpha value is -2.30. The van der Waals surface area contributed by atoms with E-state index < -0.39 is 0 Å². The van der Waals surface area contributed by atoms with Gasteiger partial charge in [0.25, 0.3) is 5.91 Å². The van der Waals surface area contributed by atoms with Crippen LogP contribution in [0.2, 0.25) is 5.02 Å². The van der Waals surface area contributed by atoms with Gasteiger partial charge in [0.2, 0.25) is 0 Å². The van der Waals surface area contributed by atoms with E-state index in [4.69, 9.17) is 16.0 Å². The predicted octanol–water partition coefficient (Wildman–Crippen LogP) is 4.79. The monoisotopic (exact) mass is 382 g/mol. The van der Waals surface area contributed by atoms with Crippen LogP contribution < -0.4 is 5.32 Å². The second kappa shape index (κ2) is 7.75. The van der Waals surface area contributed by atoms with Crippen LogP contribution in [0.4, 0.5) is 0 Å². The molecule has 1 N–H and O–H groups in total. The number of piperidine rings is 1. The van der Waals surface area contributed by atoms with E-state index in [1.165, 1.54) is 5.56 Å². The first kappa shape index (κ1) is 18.1. The number of amides is 1. The number of fused-ring (bicyclic) bond motifs is 1. The number of hydrogen-bond donors (Lipinski definition) is 1. The molecule has 0 radical (unpaired) electrons. The molecular formula is C22H23ClN2O2. The summed E-state index contributed by atoms with van der Waals surface area (Å²) in [5.41, 5.74) is 2.93. The second-order valence-electron chi connectivity index (χ2n) is 7.20. The number of nitrogens with zero attached hydrogens (tertiary/aromatic N) is 1. The fourth-order valence-corrected chi connectivity index (χ4v) is 3.85. The fourth-order valence-electron chi connectivity index (χ4n) is 3.73. The van der Waals surface area contributed by atoms with Gasteiger partial charge in [0.15, 0.2) is 5.76 Å². The Morgan fingerprint density at radius 2 is 1.85 bits per heavy atom. The van der Waals surface area contributed by atoms with E-state index in [9.17, 15) is 4.79 Å². The molecule has 1 fully saturated rings. The zero-order valence-electron chi connectivity index (χ0n) is 15.4. The van der Waals surface area contributed by atoms with E-state index >= 15 is 0 Å². The Balaban J connectivity index is 1.33. The SMILES string of the molecule is Cc1c(C(=O)NC2CCN(Cc3ccc(Cl)cc3)CC2)oc2ccccc12. The largest absolute Gasteiger partial charge is 0.451 e. The van der Waals surface area contributed by atoms with Crippen LogP contribution in [0, 0.1) is 6.92 Å². The van der Waals surface area contributed by atoms with Crippen molar-refractivity contribution in [3.05, 3.63) is 70.4 Å². The van der Waals surface area contributed by atoms with Crippen molar-refractivity contribution in [2.24, 2.45) is 0 Å². The van der Waals surface area contributed by atoms with Crippen molar-refractivity contribution in [3.8, 4) is 0 Å². The van der Waals surface area contributed by atoms with Gasteiger partial charge in [-0.1, -0.05) is 41.9 Å². The fraction of sp³-hybridized carbons (Fsp3) is 0.318. The summed E-state index contributed by atoms with van der Waals surface area (Å²) in [7, 11) is 0. The number of halogens is 1. The maximum atomic E-state index is 12.7. The Bertz CT molecular complexity index is 941. The highest BCUT2D eigenvalue weighted by Gasteiger charge is 2.24. The summed E-state index contributed by atoms with van der Waals surface area (Å²) in [6, 6.07) is 16.0. The summed E-state index contributed by atoms with van der Waals surface area (Å²) in [6.07, 6.45) is 1.89. The number of hydrogen-bond acceptors (Lipinski definition) is 3. The smallest absolute Gasteiger partial charge is 0.287 e. The third-order valence-electron chi connectivity index (χ3n) is 5.29. The van der Waals surface area contributed by atoms with Gasteiger partial charge in [-0.25, -0.2) is 0 Å². The maximum Gasteiger partial charge on any atom is 0.287 e. The molecule has 0 bridgehead atoms. The lowest BCUT2D eigenvalue weighted by molar-refractivity contribution is 0.0882. The molecule has 2 aromatic carbocycles. The summed E-state index contributed by atoms with van der Waals surface area (Å²) in [4.78, 5) is 15.1. The van der Waals surface area contributed by atoms with Crippen molar-refractivity contribution < 1.29 is 9.21 Å². The highest BCUT2D eigenvalue weighted by molar-refractivity contribution is 6.30. The van der Waals surface area contributed by atoms with Crippen LogP contribution in [0.15, 0.2) is 52.9 Å². The molecule has 5 heteroatoms. The summed E-state index contributed by atoms with van der Waals surface area (Å²) in [5, 5.41) is 4.92. The quantitative estimate of drug-likeness (QED) is 0.705. The molecule has 140 valence electrons. The van der Waals surface area contributed by atoms with Gasteiger partial charge in [-0.15, -0.1) is 0 Å². The average Bonchev–Trinajstić information content (AvgIpc) is 3.02. The molecule has 1 aliphatic rings. The molecule has 2 heterocycles. The van der Waals surface area contributed by atoms with E-state index in [1.807, 2.05) is 43.3 Å². The van der Waals surface area contributed by atoms with E-state index in [-0.39, 0.29) is 11.9 Å². The van der Waals surface area contributed by atoms with Crippen molar-refractivity contribution in [3.63, 3.8) is 0 Å². The number of benzene rings is 2. The average molecular weight is 383 g/mol. The molecular weight excluding hydrogens is 360 g/mol. The number of rotatable bonds is 4. The van der Waals surface area contributed by atoms with Gasteiger partial charge in [0.1, 0.15) is 5.58 Å². The first-order chi connectivity index (χ1) is 13.1. The third-order valence-corrected chi connectivity index (χ3v) is 5.54. The zero-order chi connectivity index (χ0) is 18.8. The van der Waals surface area contributed by atoms with Crippen LogP contribution in [-0.4, -0.2) is 29.9 Å². The minimum Gasteiger partial charge on any atom is -0.451 e. The standard InChI is InChI=1S/C22H23ClN2O2/c1-15-19-4-2-3-5-20(19)27-21(15)22(26)24-18-10-12-25(13-11-18)14-16-6-8-17(23)9-7-16/h2-9,18H,10-14H2,1H3,(H,24,26). The lowest BCUT2D eigenvalue weighted by Gasteiger charge is -2.32. The Morgan fingerprint density at radius 3 is 2.56 bits per heavy atom. The van der Waals surface area contributed by atoms with E-state index in [1.54, 1.807) is 0 Å². The van der Waals surface area contributed by atoms with Crippen molar-refractivity contribution in [1.29, 1.82) is 0 Å². The highest BCUT2D eigenvalue weighted by Crippen LogP contribution is 2.25. The molecule has 1 amide bonds. The Labute approximate surface area is 164 Å². The van der Waals surface area contributed by atoms with Crippen molar-refractivity contribution in [1.82, 2.24) is 10.2 Å². The van der Waals surface area contributed by atoms with Gasteiger partial charge in [-0.05, 0) is 43.5 Å². The van der Waals surface area contributed by atoms with Crippen molar-refractivity contribution >= 4 is 28.5 Å². The molecule has 3 aromatic rings. The molecule has 0 atom stereocenters. The van der Waals surface area contributed by atoms with Crippen LogP contribution >= 0.6 is 11.6 Å². The summed E-state index contributed by atoms with van der Waals surface area (Å²) in [5.74, 6) is 0.319. The number of nitrogens with one attached hydrogen (secondary N) is 1. The normalized spacial score (nSPS) is 15.9. The van der Waals surface area contributed by atoms with Gasteiger partial charge < -0.3 is 9.73 Å². The molecule has 0 unspecified atom stereocenters. The molecule has 1 saturated heterocycles. The van der Waals surface area contributed by atoms with Crippen molar-refractivity contribution in [2.45, 2.75) is 32.4 Å². The predicted molar refractivity (Wildman–Crippen MR) is 108 cm³/mol. The van der Waals surface area contributed by atoms with Crippen LogP contribution in [0.25, 0.3) is 11.0 Å². The minimum atomic E-state index is -0.111. The number of carbonyl (C=O) groups is 1.